The van der Waals surface area contributed by atoms with Crippen molar-refractivity contribution in [1.82, 2.24) is 5.32 Å². The van der Waals surface area contributed by atoms with Gasteiger partial charge >= 0.3 is 12.2 Å². The van der Waals surface area contributed by atoms with Crippen LogP contribution in [0, 0.1) is 11.8 Å². The fourth-order valence-electron chi connectivity index (χ4n) is 1.22. The van der Waals surface area contributed by atoms with Crippen LogP contribution in [-0.2, 0) is 0 Å². The molecule has 0 saturated carbocycles. The predicted molar refractivity (Wildman–Crippen MR) is 70.5 cm³/mol. The number of amides is 2. The molecule has 0 aliphatic carbocycles. The number of carbonyl (C=O) groups excluding carboxylic acids is 1. The Balaban J connectivity index is 2.80. The van der Waals surface area contributed by atoms with Gasteiger partial charge in [-0.1, -0.05) is 23.4 Å². The average molecular weight is 306 g/mol. The van der Waals surface area contributed by atoms with Gasteiger partial charge in [0.1, 0.15) is 6.54 Å². The number of hydrogen-bond donors (Lipinski definition) is 3. The van der Waals surface area contributed by atoms with E-state index in [0.717, 1.165) is 0 Å². The first-order valence-electron chi connectivity index (χ1n) is 5.42. The SMILES string of the molecule is NCC#Cc1ccc(Cl)cc1NC(=O)NCC(F)(F)F. The van der Waals surface area contributed by atoms with Gasteiger partial charge in [-0.25, -0.2) is 4.79 Å². The number of rotatable bonds is 2. The Morgan fingerprint density at radius 3 is 2.70 bits per heavy atom. The van der Waals surface area contributed by atoms with Gasteiger partial charge in [0.15, 0.2) is 0 Å². The minimum atomic E-state index is -4.48. The molecule has 0 aromatic heterocycles. The van der Waals surface area contributed by atoms with Gasteiger partial charge in [-0.15, -0.1) is 0 Å². The first-order chi connectivity index (χ1) is 9.31. The highest BCUT2D eigenvalue weighted by molar-refractivity contribution is 6.31. The van der Waals surface area contributed by atoms with Gasteiger partial charge in [0.05, 0.1) is 12.2 Å². The summed E-state index contributed by atoms with van der Waals surface area (Å²) in [5, 5.41) is 4.25. The van der Waals surface area contributed by atoms with Crippen molar-refractivity contribution in [3.63, 3.8) is 0 Å². The third kappa shape index (κ3) is 5.82. The van der Waals surface area contributed by atoms with Crippen LogP contribution in [0.4, 0.5) is 23.7 Å². The van der Waals surface area contributed by atoms with Crippen molar-refractivity contribution in [2.24, 2.45) is 5.73 Å². The molecule has 0 saturated heterocycles. The summed E-state index contributed by atoms with van der Waals surface area (Å²) >= 11 is 5.76. The lowest BCUT2D eigenvalue weighted by Gasteiger charge is -2.11. The molecule has 0 unspecified atom stereocenters. The summed E-state index contributed by atoms with van der Waals surface area (Å²) in [6.07, 6.45) is -4.48. The number of nitrogens with one attached hydrogen (secondary N) is 2. The van der Waals surface area contributed by atoms with E-state index in [1.165, 1.54) is 12.1 Å². The average Bonchev–Trinajstić information content (AvgIpc) is 2.35. The standard InChI is InChI=1S/C12H11ClF3N3O/c13-9-4-3-8(2-1-5-17)10(6-9)19-11(20)18-7-12(14,15)16/h3-4,6H,5,7,17H2,(H2,18,19,20). The van der Waals surface area contributed by atoms with E-state index in [-0.39, 0.29) is 12.2 Å². The van der Waals surface area contributed by atoms with Crippen LogP contribution >= 0.6 is 11.6 Å². The van der Waals surface area contributed by atoms with Crippen LogP contribution in [0.15, 0.2) is 18.2 Å². The molecule has 0 spiro atoms. The number of alkyl halides is 3. The monoisotopic (exact) mass is 305 g/mol. The molecule has 0 radical (unpaired) electrons. The van der Waals surface area contributed by atoms with Gasteiger partial charge in [-0.2, -0.15) is 13.2 Å². The lowest BCUT2D eigenvalue weighted by atomic mass is 10.2. The molecule has 0 aliphatic rings. The zero-order valence-corrected chi connectivity index (χ0v) is 10.9. The quantitative estimate of drug-likeness (QED) is 0.734. The number of hydrogen-bond acceptors (Lipinski definition) is 2. The summed E-state index contributed by atoms with van der Waals surface area (Å²) in [5.74, 6) is 5.26. The van der Waals surface area contributed by atoms with Crippen molar-refractivity contribution in [3.05, 3.63) is 28.8 Å². The smallest absolute Gasteiger partial charge is 0.329 e. The van der Waals surface area contributed by atoms with Crippen molar-refractivity contribution >= 4 is 23.3 Å². The van der Waals surface area contributed by atoms with E-state index in [4.69, 9.17) is 17.3 Å². The first-order valence-corrected chi connectivity index (χ1v) is 5.79. The fraction of sp³-hybridized carbons (Fsp3) is 0.250. The summed E-state index contributed by atoms with van der Waals surface area (Å²) in [6, 6.07) is 3.46. The second kappa shape index (κ2) is 7.03. The van der Waals surface area contributed by atoms with Crippen molar-refractivity contribution in [2.75, 3.05) is 18.4 Å². The lowest BCUT2D eigenvalue weighted by Crippen LogP contribution is -2.36. The molecule has 0 atom stereocenters. The van der Waals surface area contributed by atoms with Crippen LogP contribution < -0.4 is 16.4 Å². The zero-order chi connectivity index (χ0) is 15.2. The van der Waals surface area contributed by atoms with E-state index in [1.54, 1.807) is 11.4 Å². The normalized spacial score (nSPS) is 10.4. The molecule has 4 N–H and O–H groups in total. The van der Waals surface area contributed by atoms with Gasteiger partial charge in [-0.3, -0.25) is 0 Å². The molecule has 0 bridgehead atoms. The second-order valence-electron chi connectivity index (χ2n) is 3.62. The summed E-state index contributed by atoms with van der Waals surface area (Å²) in [7, 11) is 0. The second-order valence-corrected chi connectivity index (χ2v) is 4.06. The number of anilines is 1. The highest BCUT2D eigenvalue weighted by atomic mass is 35.5. The minimum absolute atomic E-state index is 0.113. The zero-order valence-electron chi connectivity index (χ0n) is 10.1. The van der Waals surface area contributed by atoms with E-state index >= 15 is 0 Å². The number of urea groups is 1. The summed E-state index contributed by atoms with van der Waals surface area (Å²) in [4.78, 5) is 11.4. The van der Waals surface area contributed by atoms with E-state index in [0.29, 0.717) is 10.6 Å². The van der Waals surface area contributed by atoms with E-state index in [1.807, 2.05) is 0 Å². The minimum Gasteiger partial charge on any atom is -0.329 e. The Morgan fingerprint density at radius 2 is 2.10 bits per heavy atom. The molecule has 0 heterocycles. The largest absolute Gasteiger partial charge is 0.405 e. The topological polar surface area (TPSA) is 67.1 Å². The van der Waals surface area contributed by atoms with Crippen molar-refractivity contribution < 1.29 is 18.0 Å². The lowest BCUT2D eigenvalue weighted by molar-refractivity contribution is -0.122. The number of halogens is 4. The molecule has 1 aromatic carbocycles. The predicted octanol–water partition coefficient (Wildman–Crippen LogP) is 2.33. The van der Waals surface area contributed by atoms with Crippen LogP contribution in [-0.4, -0.2) is 25.3 Å². The molecule has 1 rings (SSSR count). The maximum absolute atomic E-state index is 12.0. The molecule has 8 heteroatoms. The summed E-state index contributed by atoms with van der Waals surface area (Å²) in [6.45, 7) is -1.31. The van der Waals surface area contributed by atoms with Gasteiger partial charge in [0, 0.05) is 10.6 Å². The fourth-order valence-corrected chi connectivity index (χ4v) is 1.39. The molecule has 0 aliphatic heterocycles. The van der Waals surface area contributed by atoms with Crippen molar-refractivity contribution in [3.8, 4) is 11.8 Å². The van der Waals surface area contributed by atoms with Crippen LogP contribution in [0.2, 0.25) is 5.02 Å². The third-order valence-electron chi connectivity index (χ3n) is 2.00. The molecule has 108 valence electrons. The molecule has 20 heavy (non-hydrogen) atoms. The van der Waals surface area contributed by atoms with Crippen LogP contribution in [0.5, 0.6) is 0 Å². The molecule has 4 nitrogen and oxygen atoms in total. The number of nitrogens with two attached hydrogens (primary N) is 1. The van der Waals surface area contributed by atoms with Gasteiger partial charge in [0.2, 0.25) is 0 Å². The first kappa shape index (κ1) is 16.1. The summed E-state index contributed by atoms with van der Waals surface area (Å²) in [5.41, 5.74) is 5.84. The Labute approximate surface area is 118 Å². The van der Waals surface area contributed by atoms with Gasteiger partial charge < -0.3 is 16.4 Å². The maximum Gasteiger partial charge on any atom is 0.405 e. The number of carbonyl (C=O) groups is 1. The molecular formula is C12H11ClF3N3O. The third-order valence-corrected chi connectivity index (χ3v) is 2.24. The molecule has 0 fully saturated rings. The highest BCUT2D eigenvalue weighted by Gasteiger charge is 2.27. The van der Waals surface area contributed by atoms with Crippen LogP contribution in [0.1, 0.15) is 5.56 Å². The van der Waals surface area contributed by atoms with E-state index in [9.17, 15) is 18.0 Å². The molecular weight excluding hydrogens is 295 g/mol. The van der Waals surface area contributed by atoms with Crippen LogP contribution in [0.25, 0.3) is 0 Å². The van der Waals surface area contributed by atoms with Crippen LogP contribution in [0.3, 0.4) is 0 Å². The van der Waals surface area contributed by atoms with Crippen molar-refractivity contribution in [2.45, 2.75) is 6.18 Å². The Bertz CT molecular complexity index is 549. The van der Waals surface area contributed by atoms with E-state index < -0.39 is 18.8 Å². The number of benzene rings is 1. The summed E-state index contributed by atoms with van der Waals surface area (Å²) < 4.78 is 35.9. The Kier molecular flexibility index (Phi) is 5.67. The Morgan fingerprint density at radius 1 is 1.40 bits per heavy atom. The van der Waals surface area contributed by atoms with Gasteiger partial charge in [-0.05, 0) is 18.2 Å². The van der Waals surface area contributed by atoms with E-state index in [2.05, 4.69) is 17.2 Å². The van der Waals surface area contributed by atoms with Crippen molar-refractivity contribution in [1.29, 1.82) is 0 Å². The van der Waals surface area contributed by atoms with Gasteiger partial charge in [0.25, 0.3) is 0 Å². The maximum atomic E-state index is 12.0. The Hall–Kier alpha value is -1.91. The molecule has 2 amide bonds. The molecule has 1 aromatic rings. The highest BCUT2D eigenvalue weighted by Crippen LogP contribution is 2.20.